The van der Waals surface area contributed by atoms with E-state index in [1.54, 1.807) is 13.8 Å². The first-order valence-corrected chi connectivity index (χ1v) is 22.4. The molecule has 28 nitrogen and oxygen atoms in total. The summed E-state index contributed by atoms with van der Waals surface area (Å²) in [6.45, 7) is 3.25. The Labute approximate surface area is 411 Å². The minimum absolute atomic E-state index is 0.0107. The summed E-state index contributed by atoms with van der Waals surface area (Å²) in [6.07, 6.45) is -0.0325. The maximum Gasteiger partial charge on any atom is 0.305 e. The zero-order valence-electron chi connectivity index (χ0n) is 39.3. The number of azide groups is 1. The molecule has 8 atom stereocenters. The molecule has 13 N–H and O–H groups in total. The number of phenols is 1. The molecule has 1 aliphatic rings. The standard InChI is InChI=1S/C44H59N11O17/c1-4-6-25(37(45)65)47-38(66)26(12-15-33(57)58)48-40(68)29(19-22(2)3)52-43(71)32-7-5-18-55(32)44(72)28(14-17-35(61)62)49-42(70)31(21-36(63)64)51-41(69)30(20-23-8-10-24(56)11-9-23)50-39(67)27(53-54-46)13-16-34(59)60/h1,8-11,22,25-32,56H,5-7,12-21H2,2-3H3,(H2,45,65)(H,47,66)(H,48,68)(H,49,70)(H,50,67)(H,51,69)(H,52,71)(H,57,58)(H,59,60)(H,61,62)(H,63,64)/t25-,26-,27-,28-,29-,30-,31-,32-/m0/s1. The van der Waals surface area contributed by atoms with E-state index in [0.29, 0.717) is 5.56 Å². The number of amides is 8. The Morgan fingerprint density at radius 2 is 1.21 bits per heavy atom. The molecule has 0 saturated carbocycles. The van der Waals surface area contributed by atoms with Crippen LogP contribution < -0.4 is 37.6 Å². The topological polar surface area (TPSA) is 456 Å². The second kappa shape index (κ2) is 29.5. The van der Waals surface area contributed by atoms with Gasteiger partial charge >= 0.3 is 23.9 Å². The Hall–Kier alpha value is -8.47. The number of aromatic hydroxyl groups is 1. The molecule has 1 aromatic rings. The van der Waals surface area contributed by atoms with Crippen molar-refractivity contribution in [2.45, 2.75) is 139 Å². The number of hydrogen-bond acceptors (Lipinski definition) is 14. The number of hydrogen-bond donors (Lipinski definition) is 12. The van der Waals surface area contributed by atoms with Crippen LogP contribution in [0.25, 0.3) is 10.4 Å². The van der Waals surface area contributed by atoms with Gasteiger partial charge in [-0.3, -0.25) is 57.5 Å². The fourth-order valence-electron chi connectivity index (χ4n) is 7.26. The molecule has 8 amide bonds. The number of primary amides is 1. The number of carboxylic acids is 4. The lowest BCUT2D eigenvalue weighted by Crippen LogP contribution is -2.60. The van der Waals surface area contributed by atoms with Gasteiger partial charge in [0.05, 0.1) is 6.42 Å². The van der Waals surface area contributed by atoms with E-state index in [-0.39, 0.29) is 50.3 Å². The van der Waals surface area contributed by atoms with Gasteiger partial charge in [-0.2, -0.15) is 0 Å². The number of benzene rings is 1. The number of likely N-dealkylation sites (tertiary alicyclic amines) is 1. The lowest BCUT2D eigenvalue weighted by atomic mass is 10.0. The van der Waals surface area contributed by atoms with Crippen molar-refractivity contribution in [2.75, 3.05) is 6.54 Å². The number of carbonyl (C=O) groups excluding carboxylic acids is 8. The predicted octanol–water partition coefficient (Wildman–Crippen LogP) is -1.86. The molecular formula is C44H59N11O17. The molecule has 0 radical (unpaired) electrons. The molecule has 28 heteroatoms. The smallest absolute Gasteiger partial charge is 0.305 e. The fraction of sp³-hybridized carbons (Fsp3) is 0.545. The van der Waals surface area contributed by atoms with Gasteiger partial charge in [-0.15, -0.1) is 12.3 Å². The van der Waals surface area contributed by atoms with E-state index in [2.05, 4.69) is 47.8 Å². The second-order valence-corrected chi connectivity index (χ2v) is 17.0. The minimum Gasteiger partial charge on any atom is -0.508 e. The van der Waals surface area contributed by atoms with Crippen LogP contribution in [0.5, 0.6) is 5.75 Å². The third-order valence-corrected chi connectivity index (χ3v) is 10.8. The summed E-state index contributed by atoms with van der Waals surface area (Å²) in [5, 5.41) is 64.7. The van der Waals surface area contributed by atoms with Gasteiger partial charge < -0.3 is 68.1 Å². The van der Waals surface area contributed by atoms with Crippen molar-refractivity contribution < 1.29 is 83.1 Å². The van der Waals surface area contributed by atoms with E-state index in [1.807, 2.05) is 0 Å². The normalized spacial score (nSPS) is 15.8. The van der Waals surface area contributed by atoms with Crippen LogP contribution in [0.15, 0.2) is 29.4 Å². The van der Waals surface area contributed by atoms with Gasteiger partial charge in [-0.1, -0.05) is 31.1 Å². The first kappa shape index (κ1) is 59.7. The van der Waals surface area contributed by atoms with Gasteiger partial charge in [0.2, 0.25) is 47.3 Å². The van der Waals surface area contributed by atoms with Crippen molar-refractivity contribution in [3.05, 3.63) is 40.3 Å². The monoisotopic (exact) mass is 1010 g/mol. The van der Waals surface area contributed by atoms with Crippen LogP contribution in [-0.4, -0.2) is 156 Å². The number of aliphatic carboxylic acids is 4. The molecule has 1 heterocycles. The van der Waals surface area contributed by atoms with Gasteiger partial charge in [0, 0.05) is 43.6 Å². The van der Waals surface area contributed by atoms with Gasteiger partial charge in [-0.05, 0) is 67.7 Å². The quantitative estimate of drug-likeness (QED) is 0.0168. The van der Waals surface area contributed by atoms with Crippen molar-refractivity contribution in [2.24, 2.45) is 16.8 Å². The number of nitrogens with two attached hydrogens (primary N) is 1. The summed E-state index contributed by atoms with van der Waals surface area (Å²) in [7, 11) is 0. The van der Waals surface area contributed by atoms with Crippen LogP contribution in [0.3, 0.4) is 0 Å². The van der Waals surface area contributed by atoms with Gasteiger partial charge in [0.1, 0.15) is 54.1 Å². The lowest BCUT2D eigenvalue weighted by molar-refractivity contribution is -0.144. The molecule has 1 saturated heterocycles. The van der Waals surface area contributed by atoms with Crippen LogP contribution in [-0.2, 0) is 64.0 Å². The molecule has 0 aliphatic carbocycles. The number of rotatable bonds is 31. The van der Waals surface area contributed by atoms with E-state index < -0.39 is 164 Å². The maximum atomic E-state index is 14.3. The second-order valence-electron chi connectivity index (χ2n) is 17.0. The Bertz CT molecular complexity index is 2280. The van der Waals surface area contributed by atoms with Gasteiger partial charge in [0.15, 0.2) is 0 Å². The van der Waals surface area contributed by atoms with Crippen molar-refractivity contribution in [1.29, 1.82) is 0 Å². The highest BCUT2D eigenvalue weighted by Crippen LogP contribution is 2.21. The number of nitrogens with one attached hydrogen (secondary N) is 6. The highest BCUT2D eigenvalue weighted by Gasteiger charge is 2.41. The molecule has 1 fully saturated rings. The molecule has 1 aliphatic heterocycles. The van der Waals surface area contributed by atoms with Crippen molar-refractivity contribution in [3.8, 4) is 18.1 Å². The highest BCUT2D eigenvalue weighted by molar-refractivity contribution is 5.99. The van der Waals surface area contributed by atoms with Crippen molar-refractivity contribution >= 4 is 71.1 Å². The van der Waals surface area contributed by atoms with E-state index in [9.17, 15) is 78.0 Å². The number of carbonyl (C=O) groups is 12. The molecule has 2 rings (SSSR count). The average molecular weight is 1010 g/mol. The SMILES string of the molecule is C#CC[C@H](NC(=O)[C@H](CCC(=O)O)NC(=O)[C@H](CC(C)C)NC(=O)[C@@H]1CCCN1C(=O)[C@H](CCC(=O)O)NC(=O)[C@H](CC(=O)O)NC(=O)[C@H](Cc1ccc(O)cc1)NC(=O)[C@H](CCC(=O)O)N=[N+]=[N-])C(N)=O. The zero-order valence-corrected chi connectivity index (χ0v) is 39.3. The summed E-state index contributed by atoms with van der Waals surface area (Å²) in [4.78, 5) is 158. The zero-order chi connectivity index (χ0) is 54.2. The molecule has 1 aromatic carbocycles. The van der Waals surface area contributed by atoms with Crippen LogP contribution in [0.1, 0.15) is 90.0 Å². The molecular weight excluding hydrogens is 955 g/mol. The summed E-state index contributed by atoms with van der Waals surface area (Å²) in [5.74, 6) is -12.6. The van der Waals surface area contributed by atoms with Crippen LogP contribution in [0, 0.1) is 18.3 Å². The van der Waals surface area contributed by atoms with Crippen molar-refractivity contribution in [1.82, 2.24) is 36.8 Å². The van der Waals surface area contributed by atoms with Crippen LogP contribution in [0.4, 0.5) is 0 Å². The van der Waals surface area contributed by atoms with Crippen LogP contribution >= 0.6 is 0 Å². The largest absolute Gasteiger partial charge is 0.508 e. The Balaban J connectivity index is 2.44. The Morgan fingerprint density at radius 3 is 1.75 bits per heavy atom. The number of terminal acetylenes is 1. The number of phenolic OH excluding ortho intramolecular Hbond substituents is 1. The van der Waals surface area contributed by atoms with Gasteiger partial charge in [-0.25, -0.2) is 0 Å². The predicted molar refractivity (Wildman–Crippen MR) is 246 cm³/mol. The van der Waals surface area contributed by atoms with E-state index >= 15 is 0 Å². The number of nitrogens with zero attached hydrogens (tertiary/aromatic N) is 4. The summed E-state index contributed by atoms with van der Waals surface area (Å²) < 4.78 is 0. The Morgan fingerprint density at radius 1 is 0.708 bits per heavy atom. The summed E-state index contributed by atoms with van der Waals surface area (Å²) in [6, 6.07) is -7.60. The van der Waals surface area contributed by atoms with Crippen molar-refractivity contribution in [3.63, 3.8) is 0 Å². The van der Waals surface area contributed by atoms with Gasteiger partial charge in [0.25, 0.3) is 0 Å². The third-order valence-electron chi connectivity index (χ3n) is 10.8. The highest BCUT2D eigenvalue weighted by atomic mass is 16.4. The molecule has 392 valence electrons. The first-order chi connectivity index (χ1) is 33.9. The van der Waals surface area contributed by atoms with E-state index in [1.165, 1.54) is 24.3 Å². The molecule has 0 bridgehead atoms. The average Bonchev–Trinajstić information content (AvgIpc) is 3.80. The summed E-state index contributed by atoms with van der Waals surface area (Å²) >= 11 is 0. The summed E-state index contributed by atoms with van der Waals surface area (Å²) in [5.41, 5.74) is 14.6. The fourth-order valence-corrected chi connectivity index (χ4v) is 7.26. The molecule has 72 heavy (non-hydrogen) atoms. The first-order valence-electron chi connectivity index (χ1n) is 22.4. The minimum atomic E-state index is -2.03. The van der Waals surface area contributed by atoms with Crippen LogP contribution in [0.2, 0.25) is 0 Å². The van der Waals surface area contributed by atoms with E-state index in [4.69, 9.17) is 22.8 Å². The number of carboxylic acid groups (broad SMARTS) is 4. The van der Waals surface area contributed by atoms with E-state index in [0.717, 1.165) is 4.90 Å². The lowest BCUT2D eigenvalue weighted by Gasteiger charge is -2.31. The Kier molecular flexibility index (Phi) is 24.5. The molecule has 0 spiro atoms. The third kappa shape index (κ3) is 20.6. The maximum absolute atomic E-state index is 14.3. The molecule has 0 unspecified atom stereocenters. The molecule has 0 aromatic heterocycles.